The summed E-state index contributed by atoms with van der Waals surface area (Å²) in [4.78, 5) is 15.0. The number of carbonyl (C=O) groups is 1. The molecule has 0 aromatic heterocycles. The monoisotopic (exact) mass is 458 g/mol. The maximum absolute atomic E-state index is 13.0. The third-order valence-electron chi connectivity index (χ3n) is 6.75. The Bertz CT molecular complexity index is 1050. The van der Waals surface area contributed by atoms with Gasteiger partial charge in [-0.25, -0.2) is 13.1 Å². The van der Waals surface area contributed by atoms with Gasteiger partial charge in [0.05, 0.1) is 17.6 Å². The average Bonchev–Trinajstić information content (AvgIpc) is 2.82. The van der Waals surface area contributed by atoms with Crippen LogP contribution in [-0.2, 0) is 16.6 Å². The van der Waals surface area contributed by atoms with Crippen LogP contribution in [0.15, 0.2) is 53.4 Å². The Morgan fingerprint density at radius 3 is 2.53 bits per heavy atom. The molecule has 1 aliphatic heterocycles. The Kier molecular flexibility index (Phi) is 6.55. The first kappa shape index (κ1) is 22.8. The summed E-state index contributed by atoms with van der Waals surface area (Å²) in [7, 11) is -2.12. The lowest BCUT2D eigenvalue weighted by Gasteiger charge is -2.47. The Hall–Kier alpha value is -2.42. The smallest absolute Gasteiger partial charge is 0.253 e. The second-order valence-corrected chi connectivity index (χ2v) is 10.5. The molecule has 0 bridgehead atoms. The third kappa shape index (κ3) is 4.82. The van der Waals surface area contributed by atoms with Gasteiger partial charge >= 0.3 is 0 Å². The van der Waals surface area contributed by atoms with Crippen molar-refractivity contribution in [2.45, 2.75) is 49.1 Å². The highest BCUT2D eigenvalue weighted by atomic mass is 32.2. The minimum Gasteiger partial charge on any atom is -0.497 e. The van der Waals surface area contributed by atoms with E-state index in [1.165, 1.54) is 19.2 Å². The number of amides is 1. The van der Waals surface area contributed by atoms with Crippen molar-refractivity contribution in [2.24, 2.45) is 5.92 Å². The number of ether oxygens (including phenoxy) is 1. The first-order chi connectivity index (χ1) is 15.3. The summed E-state index contributed by atoms with van der Waals surface area (Å²) in [5.74, 6) is 0.703. The Morgan fingerprint density at radius 1 is 1.12 bits per heavy atom. The number of aliphatic hydroxyl groups is 1. The lowest BCUT2D eigenvalue weighted by atomic mass is 9.71. The van der Waals surface area contributed by atoms with Crippen molar-refractivity contribution in [3.63, 3.8) is 0 Å². The van der Waals surface area contributed by atoms with Crippen molar-refractivity contribution in [1.82, 2.24) is 9.62 Å². The number of sulfonamides is 1. The van der Waals surface area contributed by atoms with Gasteiger partial charge in [-0.15, -0.1) is 0 Å². The van der Waals surface area contributed by atoms with Crippen molar-refractivity contribution >= 4 is 15.9 Å². The number of hydrogen-bond acceptors (Lipinski definition) is 5. The van der Waals surface area contributed by atoms with Gasteiger partial charge in [0.2, 0.25) is 10.0 Å². The summed E-state index contributed by atoms with van der Waals surface area (Å²) >= 11 is 0. The molecular formula is C24H30N2O5S. The lowest BCUT2D eigenvalue weighted by molar-refractivity contribution is -0.0886. The largest absolute Gasteiger partial charge is 0.497 e. The zero-order valence-corrected chi connectivity index (χ0v) is 19.1. The van der Waals surface area contributed by atoms with E-state index in [4.69, 9.17) is 4.74 Å². The average molecular weight is 459 g/mol. The maximum Gasteiger partial charge on any atom is 0.253 e. The van der Waals surface area contributed by atoms with Gasteiger partial charge in [0, 0.05) is 31.1 Å². The van der Waals surface area contributed by atoms with Gasteiger partial charge in [-0.05, 0) is 61.2 Å². The van der Waals surface area contributed by atoms with Crippen molar-refractivity contribution in [3.8, 4) is 5.75 Å². The Balaban J connectivity index is 1.36. The highest BCUT2D eigenvalue weighted by Crippen LogP contribution is 2.40. The summed E-state index contributed by atoms with van der Waals surface area (Å²) in [6.07, 6.45) is 4.60. The molecule has 0 unspecified atom stereocenters. The molecular weight excluding hydrogens is 428 g/mol. The zero-order chi connectivity index (χ0) is 22.8. The molecule has 0 spiro atoms. The number of carbonyl (C=O) groups excluding carboxylic acids is 1. The van der Waals surface area contributed by atoms with Gasteiger partial charge < -0.3 is 14.7 Å². The van der Waals surface area contributed by atoms with E-state index in [2.05, 4.69) is 4.72 Å². The molecule has 1 aliphatic carbocycles. The fourth-order valence-corrected chi connectivity index (χ4v) is 5.74. The summed E-state index contributed by atoms with van der Waals surface area (Å²) < 4.78 is 32.6. The second kappa shape index (κ2) is 9.21. The predicted octanol–water partition coefficient (Wildman–Crippen LogP) is 2.94. The maximum atomic E-state index is 13.0. The number of likely N-dealkylation sites (tertiary alicyclic amines) is 1. The van der Waals surface area contributed by atoms with Crippen LogP contribution in [0, 0.1) is 5.92 Å². The van der Waals surface area contributed by atoms with Gasteiger partial charge in [-0.3, -0.25) is 4.79 Å². The molecule has 1 amide bonds. The fourth-order valence-electron chi connectivity index (χ4n) is 4.72. The number of hydrogen-bond donors (Lipinski definition) is 2. The Labute approximate surface area is 189 Å². The molecule has 172 valence electrons. The van der Waals surface area contributed by atoms with Crippen LogP contribution in [-0.4, -0.2) is 50.1 Å². The zero-order valence-electron chi connectivity index (χ0n) is 18.3. The fraction of sp³-hybridized carbons (Fsp3) is 0.458. The summed E-state index contributed by atoms with van der Waals surface area (Å²) in [5.41, 5.74) is 0.729. The molecule has 2 atom stereocenters. The first-order valence-corrected chi connectivity index (χ1v) is 12.5. The number of piperidine rings is 1. The standard InChI is InChI=1S/C24H30N2O5S/c1-31-21-9-11-22(12-10-21)32(29,30)25-16-18-5-7-19(8-6-18)23(27)26-15-14-24(28)13-3-2-4-20(24)17-26/h5-12,20,25,28H,2-4,13-17H2,1H3/t20-,24-/m1/s1. The molecule has 0 radical (unpaired) electrons. The van der Waals surface area contributed by atoms with Gasteiger partial charge in [-0.1, -0.05) is 25.0 Å². The van der Waals surface area contributed by atoms with E-state index < -0.39 is 15.6 Å². The lowest BCUT2D eigenvalue weighted by Crippen LogP contribution is -2.54. The SMILES string of the molecule is COc1ccc(S(=O)(=O)NCc2ccc(C(=O)N3CC[C@]4(O)CCCC[C@@H]4C3)cc2)cc1. The molecule has 4 rings (SSSR count). The Morgan fingerprint density at radius 2 is 1.84 bits per heavy atom. The van der Waals surface area contributed by atoms with Crippen LogP contribution in [0.5, 0.6) is 5.75 Å². The molecule has 2 aliphatic rings. The topological polar surface area (TPSA) is 95.9 Å². The van der Waals surface area contributed by atoms with E-state index in [0.717, 1.165) is 31.2 Å². The van der Waals surface area contributed by atoms with Gasteiger partial charge in [0.1, 0.15) is 5.75 Å². The highest BCUT2D eigenvalue weighted by Gasteiger charge is 2.43. The van der Waals surface area contributed by atoms with E-state index in [1.54, 1.807) is 36.4 Å². The van der Waals surface area contributed by atoms with Crippen molar-refractivity contribution in [1.29, 1.82) is 0 Å². The summed E-state index contributed by atoms with van der Waals surface area (Å²) in [5, 5.41) is 10.8. The molecule has 1 heterocycles. The minimum absolute atomic E-state index is 0.0389. The minimum atomic E-state index is -3.65. The van der Waals surface area contributed by atoms with E-state index in [1.807, 2.05) is 4.90 Å². The van der Waals surface area contributed by atoms with E-state index in [0.29, 0.717) is 30.8 Å². The molecule has 32 heavy (non-hydrogen) atoms. The normalized spacial score (nSPS) is 23.4. The van der Waals surface area contributed by atoms with Gasteiger partial charge in [0.15, 0.2) is 0 Å². The van der Waals surface area contributed by atoms with Crippen molar-refractivity contribution in [3.05, 3.63) is 59.7 Å². The van der Waals surface area contributed by atoms with Crippen molar-refractivity contribution in [2.75, 3.05) is 20.2 Å². The molecule has 2 aromatic carbocycles. The van der Waals surface area contributed by atoms with Gasteiger partial charge in [-0.2, -0.15) is 0 Å². The van der Waals surface area contributed by atoms with E-state index in [9.17, 15) is 18.3 Å². The molecule has 2 fully saturated rings. The van der Waals surface area contributed by atoms with Crippen LogP contribution < -0.4 is 9.46 Å². The van der Waals surface area contributed by atoms with Gasteiger partial charge in [0.25, 0.3) is 5.91 Å². The molecule has 2 aromatic rings. The quantitative estimate of drug-likeness (QED) is 0.694. The number of fused-ring (bicyclic) bond motifs is 1. The molecule has 1 saturated heterocycles. The number of methoxy groups -OCH3 is 1. The third-order valence-corrected chi connectivity index (χ3v) is 8.17. The highest BCUT2D eigenvalue weighted by molar-refractivity contribution is 7.89. The van der Waals surface area contributed by atoms with Crippen LogP contribution >= 0.6 is 0 Å². The van der Waals surface area contributed by atoms with E-state index in [-0.39, 0.29) is 23.3 Å². The van der Waals surface area contributed by atoms with Crippen LogP contribution in [0.1, 0.15) is 48.0 Å². The van der Waals surface area contributed by atoms with E-state index >= 15 is 0 Å². The van der Waals surface area contributed by atoms with Crippen LogP contribution in [0.4, 0.5) is 0 Å². The van der Waals surface area contributed by atoms with Crippen molar-refractivity contribution < 1.29 is 23.1 Å². The summed E-state index contributed by atoms with van der Waals surface area (Å²) in [6, 6.07) is 13.2. The molecule has 7 nitrogen and oxygen atoms in total. The number of nitrogens with one attached hydrogen (secondary N) is 1. The number of nitrogens with zero attached hydrogens (tertiary/aromatic N) is 1. The first-order valence-electron chi connectivity index (χ1n) is 11.0. The van der Waals surface area contributed by atoms with Crippen LogP contribution in [0.25, 0.3) is 0 Å². The molecule has 8 heteroatoms. The number of rotatable bonds is 6. The summed E-state index contributed by atoms with van der Waals surface area (Å²) in [6.45, 7) is 1.29. The van der Waals surface area contributed by atoms with Crippen LogP contribution in [0.2, 0.25) is 0 Å². The van der Waals surface area contributed by atoms with Crippen LogP contribution in [0.3, 0.4) is 0 Å². The second-order valence-electron chi connectivity index (χ2n) is 8.74. The predicted molar refractivity (Wildman–Crippen MR) is 121 cm³/mol. The number of benzene rings is 2. The molecule has 2 N–H and O–H groups in total. The molecule has 1 saturated carbocycles.